The molecule has 1 N–H and O–H groups in total. The number of unbranched alkanes of at least 4 members (excludes halogenated alkanes) is 23. The number of nitrogens with one attached hydrogen (secondary N) is 1. The first-order valence-corrected chi connectivity index (χ1v) is 16.9. The van der Waals surface area contributed by atoms with E-state index in [1.54, 1.807) is 0 Å². The summed E-state index contributed by atoms with van der Waals surface area (Å²) in [4.78, 5) is 0. The minimum Gasteiger partial charge on any atom is -0.317 e. The SMILES string of the molecule is CCCCCCC/C=C\CCCCCCCCNCCCCCCCC/C=C\CCCCCCCC. The molecule has 0 amide bonds. The molecule has 0 saturated heterocycles. The van der Waals surface area contributed by atoms with Gasteiger partial charge in [-0.15, -0.1) is 0 Å². The van der Waals surface area contributed by atoms with Gasteiger partial charge < -0.3 is 5.32 Å². The molecule has 0 rings (SSSR count). The molecule has 0 aromatic heterocycles. The maximum Gasteiger partial charge on any atom is -0.00489 e. The van der Waals surface area contributed by atoms with E-state index in [4.69, 9.17) is 0 Å². The van der Waals surface area contributed by atoms with E-state index in [9.17, 15) is 0 Å². The summed E-state index contributed by atoms with van der Waals surface area (Å²) < 4.78 is 0. The predicted molar refractivity (Wildman–Crippen MR) is 167 cm³/mol. The molecule has 36 heavy (non-hydrogen) atoms. The van der Waals surface area contributed by atoms with Gasteiger partial charge in [-0.25, -0.2) is 0 Å². The Kier molecular flexibility index (Phi) is 33.9. The van der Waals surface area contributed by atoms with Crippen LogP contribution < -0.4 is 5.32 Å². The van der Waals surface area contributed by atoms with Crippen molar-refractivity contribution in [1.82, 2.24) is 5.32 Å². The fraction of sp³-hybridized carbons (Fsp3) is 0.886. The quantitative estimate of drug-likeness (QED) is 0.0732. The second-order valence-electron chi connectivity index (χ2n) is 11.3. The zero-order valence-electron chi connectivity index (χ0n) is 25.3. The summed E-state index contributed by atoms with van der Waals surface area (Å²) in [5.41, 5.74) is 0. The van der Waals surface area contributed by atoms with Crippen LogP contribution in [-0.4, -0.2) is 13.1 Å². The van der Waals surface area contributed by atoms with Crippen LogP contribution in [0, 0.1) is 0 Å². The van der Waals surface area contributed by atoms with Gasteiger partial charge in [0.05, 0.1) is 0 Å². The standard InChI is InChI=1S/C35H69N/c1-3-5-7-9-11-13-15-17-19-21-23-25-27-29-31-33-35-36-34-32-30-28-26-24-22-20-18-16-14-12-10-8-6-4-2/h16-19,36H,3-15,20-35H2,1-2H3/b18-16-,19-17-. The van der Waals surface area contributed by atoms with Crippen molar-refractivity contribution in [2.75, 3.05) is 13.1 Å². The molecule has 0 aromatic carbocycles. The Labute approximate surface area is 229 Å². The van der Waals surface area contributed by atoms with E-state index >= 15 is 0 Å². The molecule has 1 nitrogen and oxygen atoms in total. The van der Waals surface area contributed by atoms with Crippen molar-refractivity contribution in [1.29, 1.82) is 0 Å². The van der Waals surface area contributed by atoms with E-state index in [1.807, 2.05) is 0 Å². The lowest BCUT2D eigenvalue weighted by Gasteiger charge is -2.05. The first-order valence-electron chi connectivity index (χ1n) is 16.9. The van der Waals surface area contributed by atoms with Crippen molar-refractivity contribution >= 4 is 0 Å². The van der Waals surface area contributed by atoms with Gasteiger partial charge in [-0.2, -0.15) is 0 Å². The van der Waals surface area contributed by atoms with Crippen molar-refractivity contribution in [2.24, 2.45) is 0 Å². The van der Waals surface area contributed by atoms with Crippen LogP contribution >= 0.6 is 0 Å². The zero-order chi connectivity index (χ0) is 26.0. The normalized spacial score (nSPS) is 11.9. The molecule has 0 fully saturated rings. The monoisotopic (exact) mass is 504 g/mol. The lowest BCUT2D eigenvalue weighted by Crippen LogP contribution is -2.16. The summed E-state index contributed by atoms with van der Waals surface area (Å²) in [6, 6.07) is 0. The van der Waals surface area contributed by atoms with Crippen LogP contribution in [0.15, 0.2) is 24.3 Å². The van der Waals surface area contributed by atoms with Gasteiger partial charge in [-0.3, -0.25) is 0 Å². The molecular formula is C35H69N. The van der Waals surface area contributed by atoms with E-state index in [0.717, 1.165) is 0 Å². The zero-order valence-corrected chi connectivity index (χ0v) is 25.3. The summed E-state index contributed by atoms with van der Waals surface area (Å²) in [6.07, 6.45) is 47.3. The molecule has 0 bridgehead atoms. The molecule has 1 heteroatoms. The lowest BCUT2D eigenvalue weighted by atomic mass is 10.1. The first kappa shape index (κ1) is 35.4. The smallest absolute Gasteiger partial charge is 0.00489 e. The van der Waals surface area contributed by atoms with Gasteiger partial charge in [0, 0.05) is 0 Å². The molecule has 214 valence electrons. The minimum atomic E-state index is 1.23. The molecule has 0 spiro atoms. The molecule has 0 aliphatic carbocycles. The first-order chi connectivity index (χ1) is 17.9. The van der Waals surface area contributed by atoms with E-state index in [1.165, 1.54) is 186 Å². The Bertz CT molecular complexity index is 424. The minimum absolute atomic E-state index is 1.23. The lowest BCUT2D eigenvalue weighted by molar-refractivity contribution is 0.539. The van der Waals surface area contributed by atoms with Crippen LogP contribution in [-0.2, 0) is 0 Å². The molecule has 0 atom stereocenters. The largest absolute Gasteiger partial charge is 0.317 e. The highest BCUT2D eigenvalue weighted by Crippen LogP contribution is 2.11. The van der Waals surface area contributed by atoms with E-state index in [0.29, 0.717) is 0 Å². The summed E-state index contributed by atoms with van der Waals surface area (Å²) in [6.45, 7) is 7.04. The fourth-order valence-electron chi connectivity index (χ4n) is 4.94. The number of hydrogen-bond acceptors (Lipinski definition) is 1. The number of hydrogen-bond donors (Lipinski definition) is 1. The second-order valence-corrected chi connectivity index (χ2v) is 11.3. The summed E-state index contributed by atoms with van der Waals surface area (Å²) >= 11 is 0. The van der Waals surface area contributed by atoms with Crippen LogP contribution in [0.2, 0.25) is 0 Å². The van der Waals surface area contributed by atoms with Crippen molar-refractivity contribution in [3.05, 3.63) is 24.3 Å². The van der Waals surface area contributed by atoms with Crippen molar-refractivity contribution < 1.29 is 0 Å². The van der Waals surface area contributed by atoms with Crippen LogP contribution in [0.3, 0.4) is 0 Å². The molecule has 0 radical (unpaired) electrons. The third-order valence-corrected chi connectivity index (χ3v) is 7.48. The van der Waals surface area contributed by atoms with E-state index in [-0.39, 0.29) is 0 Å². The summed E-state index contributed by atoms with van der Waals surface area (Å²) in [7, 11) is 0. The topological polar surface area (TPSA) is 12.0 Å². The van der Waals surface area contributed by atoms with Gasteiger partial charge in [-0.1, -0.05) is 147 Å². The molecule has 0 unspecified atom stereocenters. The summed E-state index contributed by atoms with van der Waals surface area (Å²) in [5.74, 6) is 0. The van der Waals surface area contributed by atoms with Crippen molar-refractivity contribution in [3.63, 3.8) is 0 Å². The van der Waals surface area contributed by atoms with Crippen molar-refractivity contribution in [3.8, 4) is 0 Å². The maximum atomic E-state index is 3.66. The highest BCUT2D eigenvalue weighted by Gasteiger charge is 1.94. The highest BCUT2D eigenvalue weighted by molar-refractivity contribution is 4.82. The van der Waals surface area contributed by atoms with Gasteiger partial charge in [0.1, 0.15) is 0 Å². The predicted octanol–water partition coefficient (Wildman–Crippen LogP) is 12.3. The van der Waals surface area contributed by atoms with Crippen LogP contribution in [0.1, 0.15) is 187 Å². The third kappa shape index (κ3) is 33.4. The third-order valence-electron chi connectivity index (χ3n) is 7.48. The second kappa shape index (κ2) is 34.4. The van der Waals surface area contributed by atoms with Crippen LogP contribution in [0.5, 0.6) is 0 Å². The van der Waals surface area contributed by atoms with Gasteiger partial charge in [0.15, 0.2) is 0 Å². The Hall–Kier alpha value is -0.560. The van der Waals surface area contributed by atoms with E-state index in [2.05, 4.69) is 43.5 Å². The van der Waals surface area contributed by atoms with Gasteiger partial charge in [0.2, 0.25) is 0 Å². The average Bonchev–Trinajstić information content (AvgIpc) is 2.89. The Morgan fingerprint density at radius 2 is 0.556 bits per heavy atom. The van der Waals surface area contributed by atoms with Crippen LogP contribution in [0.4, 0.5) is 0 Å². The van der Waals surface area contributed by atoms with Gasteiger partial charge >= 0.3 is 0 Å². The average molecular weight is 504 g/mol. The number of allylic oxidation sites excluding steroid dienone is 4. The molecule has 0 aromatic rings. The Morgan fingerprint density at radius 1 is 0.306 bits per heavy atom. The molecular weight excluding hydrogens is 434 g/mol. The van der Waals surface area contributed by atoms with Gasteiger partial charge in [0.25, 0.3) is 0 Å². The molecule has 0 aliphatic heterocycles. The van der Waals surface area contributed by atoms with Gasteiger partial charge in [-0.05, 0) is 77.3 Å². The Morgan fingerprint density at radius 3 is 0.861 bits per heavy atom. The molecule has 0 heterocycles. The van der Waals surface area contributed by atoms with E-state index < -0.39 is 0 Å². The Balaban J connectivity index is 3.09. The maximum absolute atomic E-state index is 3.66. The fourth-order valence-corrected chi connectivity index (χ4v) is 4.94. The van der Waals surface area contributed by atoms with Crippen molar-refractivity contribution in [2.45, 2.75) is 187 Å². The molecule has 0 saturated carbocycles. The highest BCUT2D eigenvalue weighted by atomic mass is 14.8. The van der Waals surface area contributed by atoms with Crippen LogP contribution in [0.25, 0.3) is 0 Å². The summed E-state index contributed by atoms with van der Waals surface area (Å²) in [5, 5.41) is 3.66. The number of rotatable bonds is 31. The molecule has 0 aliphatic rings.